The third-order valence-electron chi connectivity index (χ3n) is 2.60. The lowest BCUT2D eigenvalue weighted by Gasteiger charge is -2.15. The Morgan fingerprint density at radius 2 is 2.27 bits per heavy atom. The number of carbonyl (C=O) groups is 1. The molecule has 5 nitrogen and oxygen atoms in total. The monoisotopic (exact) mass is 236 g/mol. The molecule has 6 heteroatoms. The van der Waals surface area contributed by atoms with Crippen LogP contribution in [-0.2, 0) is 24.1 Å². The van der Waals surface area contributed by atoms with Crippen LogP contribution >= 0.6 is 0 Å². The van der Waals surface area contributed by atoms with Gasteiger partial charge in [-0.2, -0.15) is 0 Å². The number of rotatable bonds is 4. The average Bonchev–Trinajstić information content (AvgIpc) is 2.70. The maximum absolute atomic E-state index is 11.9. The van der Waals surface area contributed by atoms with Gasteiger partial charge in [0.15, 0.2) is 9.84 Å². The molecule has 0 N–H and O–H groups in total. The predicted molar refractivity (Wildman–Crippen MR) is 54.2 cm³/mol. The first-order valence-corrected chi connectivity index (χ1v) is 6.46. The van der Waals surface area contributed by atoms with Crippen LogP contribution in [-0.4, -0.2) is 45.2 Å². The van der Waals surface area contributed by atoms with Crippen molar-refractivity contribution in [2.45, 2.75) is 30.3 Å². The van der Waals surface area contributed by atoms with Crippen LogP contribution in [0.3, 0.4) is 0 Å². The summed E-state index contributed by atoms with van der Waals surface area (Å²) in [5.41, 5.74) is 0. The van der Waals surface area contributed by atoms with E-state index in [1.807, 2.05) is 0 Å². The number of hydrogen-bond acceptors (Lipinski definition) is 5. The molecule has 88 valence electrons. The van der Waals surface area contributed by atoms with Gasteiger partial charge in [0, 0.05) is 6.61 Å². The molecule has 0 aliphatic carbocycles. The highest BCUT2D eigenvalue weighted by molar-refractivity contribution is 7.92. The topological polar surface area (TPSA) is 69.7 Å². The zero-order chi connectivity index (χ0) is 11.5. The van der Waals surface area contributed by atoms with E-state index in [4.69, 9.17) is 4.74 Å². The summed E-state index contributed by atoms with van der Waals surface area (Å²) in [4.78, 5) is 11.0. The molecule has 0 aromatic carbocycles. The van der Waals surface area contributed by atoms with Crippen LogP contribution in [0.25, 0.3) is 0 Å². The minimum Gasteiger partial charge on any atom is -0.469 e. The lowest BCUT2D eigenvalue weighted by Crippen LogP contribution is -2.32. The lowest BCUT2D eigenvalue weighted by molar-refractivity contribution is -0.140. The van der Waals surface area contributed by atoms with Gasteiger partial charge in [-0.3, -0.25) is 4.79 Å². The Morgan fingerprint density at radius 3 is 2.73 bits per heavy atom. The first-order chi connectivity index (χ1) is 6.98. The van der Waals surface area contributed by atoms with Crippen LogP contribution in [0.2, 0.25) is 0 Å². The molecule has 0 saturated carbocycles. The summed E-state index contributed by atoms with van der Waals surface area (Å²) in [7, 11) is -2.02. The molecule has 1 aliphatic heterocycles. The first kappa shape index (κ1) is 12.4. The first-order valence-electron chi connectivity index (χ1n) is 4.85. The highest BCUT2D eigenvalue weighted by Gasteiger charge is 2.35. The van der Waals surface area contributed by atoms with Crippen molar-refractivity contribution >= 4 is 15.8 Å². The molecule has 1 rings (SSSR count). The van der Waals surface area contributed by atoms with E-state index in [0.717, 1.165) is 0 Å². The third-order valence-corrected chi connectivity index (χ3v) is 5.18. The number of ether oxygens (including phenoxy) is 2. The highest BCUT2D eigenvalue weighted by atomic mass is 32.2. The van der Waals surface area contributed by atoms with Crippen LogP contribution in [0.5, 0.6) is 0 Å². The van der Waals surface area contributed by atoms with Crippen molar-refractivity contribution in [1.82, 2.24) is 0 Å². The minimum atomic E-state index is -3.27. The Bertz CT molecular complexity index is 315. The Balaban J connectivity index is 2.64. The Morgan fingerprint density at radius 1 is 1.60 bits per heavy atom. The molecule has 0 aromatic rings. The second kappa shape index (κ2) is 4.94. The largest absolute Gasteiger partial charge is 0.469 e. The van der Waals surface area contributed by atoms with Crippen molar-refractivity contribution in [3.63, 3.8) is 0 Å². The van der Waals surface area contributed by atoms with Crippen molar-refractivity contribution in [1.29, 1.82) is 0 Å². The van der Waals surface area contributed by atoms with Gasteiger partial charge >= 0.3 is 5.97 Å². The van der Waals surface area contributed by atoms with Crippen molar-refractivity contribution in [3.05, 3.63) is 0 Å². The van der Waals surface area contributed by atoms with Crippen LogP contribution in [0.15, 0.2) is 0 Å². The van der Waals surface area contributed by atoms with Gasteiger partial charge in [-0.1, -0.05) is 0 Å². The van der Waals surface area contributed by atoms with Crippen LogP contribution in [0.4, 0.5) is 0 Å². The standard InChI is InChI=1S/C9H16O5S/c1-7(5-9(10)13-2)15(11,12)8-3-4-14-6-8/h7-8H,3-6H2,1-2H3. The second-order valence-electron chi connectivity index (χ2n) is 3.67. The molecule has 0 aromatic heterocycles. The maximum atomic E-state index is 11.9. The molecule has 0 radical (unpaired) electrons. The summed E-state index contributed by atoms with van der Waals surface area (Å²) >= 11 is 0. The Hall–Kier alpha value is -0.620. The van der Waals surface area contributed by atoms with Crippen LogP contribution in [0, 0.1) is 0 Å². The molecule has 0 spiro atoms. The van der Waals surface area contributed by atoms with Gasteiger partial charge < -0.3 is 9.47 Å². The Kier molecular flexibility index (Phi) is 4.10. The van der Waals surface area contributed by atoms with Gasteiger partial charge in [-0.05, 0) is 13.3 Å². The van der Waals surface area contributed by atoms with E-state index in [2.05, 4.69) is 4.74 Å². The van der Waals surface area contributed by atoms with E-state index in [1.165, 1.54) is 14.0 Å². The molecule has 1 aliphatic rings. The summed E-state index contributed by atoms with van der Waals surface area (Å²) in [6.45, 7) is 2.26. The number of esters is 1. The summed E-state index contributed by atoms with van der Waals surface area (Å²) in [6.07, 6.45) is 0.434. The fourth-order valence-electron chi connectivity index (χ4n) is 1.53. The molecule has 2 unspecified atom stereocenters. The highest BCUT2D eigenvalue weighted by Crippen LogP contribution is 2.20. The molecule has 1 fully saturated rings. The smallest absolute Gasteiger partial charge is 0.306 e. The van der Waals surface area contributed by atoms with Crippen LogP contribution in [0.1, 0.15) is 19.8 Å². The summed E-state index contributed by atoms with van der Waals surface area (Å²) in [5, 5.41) is -1.16. The zero-order valence-electron chi connectivity index (χ0n) is 8.93. The SMILES string of the molecule is COC(=O)CC(C)S(=O)(=O)C1CCOC1. The second-order valence-corrected chi connectivity index (χ2v) is 6.31. The molecule has 15 heavy (non-hydrogen) atoms. The number of sulfone groups is 1. The van der Waals surface area contributed by atoms with Crippen molar-refractivity contribution < 1.29 is 22.7 Å². The normalized spacial score (nSPS) is 23.7. The lowest BCUT2D eigenvalue weighted by atomic mass is 10.3. The molecule has 0 bridgehead atoms. The van der Waals surface area contributed by atoms with E-state index in [-0.39, 0.29) is 13.0 Å². The maximum Gasteiger partial charge on any atom is 0.306 e. The predicted octanol–water partition coefficient (Wildman–Crippen LogP) is 0.142. The zero-order valence-corrected chi connectivity index (χ0v) is 9.75. The molecular weight excluding hydrogens is 220 g/mol. The average molecular weight is 236 g/mol. The fourth-order valence-corrected chi connectivity index (χ4v) is 3.27. The van der Waals surface area contributed by atoms with Crippen LogP contribution < -0.4 is 0 Å². The van der Waals surface area contributed by atoms with E-state index in [1.54, 1.807) is 0 Å². The van der Waals surface area contributed by atoms with Crippen molar-refractivity contribution in [3.8, 4) is 0 Å². The van der Waals surface area contributed by atoms with Crippen molar-refractivity contribution in [2.24, 2.45) is 0 Å². The van der Waals surface area contributed by atoms with E-state index in [9.17, 15) is 13.2 Å². The summed E-state index contributed by atoms with van der Waals surface area (Å²) < 4.78 is 33.3. The van der Waals surface area contributed by atoms with Gasteiger partial charge in [0.25, 0.3) is 0 Å². The number of hydrogen-bond donors (Lipinski definition) is 0. The number of carbonyl (C=O) groups excluding carboxylic acids is 1. The summed E-state index contributed by atoms with van der Waals surface area (Å²) in [6, 6.07) is 0. The molecule has 0 amide bonds. The van der Waals surface area contributed by atoms with Gasteiger partial charge in [-0.25, -0.2) is 8.42 Å². The van der Waals surface area contributed by atoms with Gasteiger partial charge in [0.1, 0.15) is 0 Å². The van der Waals surface area contributed by atoms with E-state index in [0.29, 0.717) is 13.0 Å². The molecule has 2 atom stereocenters. The molecule has 1 heterocycles. The summed E-state index contributed by atoms with van der Waals surface area (Å²) in [5.74, 6) is -0.495. The number of methoxy groups -OCH3 is 1. The van der Waals surface area contributed by atoms with Crippen molar-refractivity contribution in [2.75, 3.05) is 20.3 Å². The van der Waals surface area contributed by atoms with Gasteiger partial charge in [0.2, 0.25) is 0 Å². The third kappa shape index (κ3) is 2.92. The van der Waals surface area contributed by atoms with Gasteiger partial charge in [0.05, 0.1) is 30.6 Å². The molecular formula is C9H16O5S. The Labute approximate surface area is 89.7 Å². The van der Waals surface area contributed by atoms with E-state index < -0.39 is 26.3 Å². The molecule has 1 saturated heterocycles. The fraction of sp³-hybridized carbons (Fsp3) is 0.889. The van der Waals surface area contributed by atoms with Gasteiger partial charge in [-0.15, -0.1) is 0 Å². The quantitative estimate of drug-likeness (QED) is 0.649. The van der Waals surface area contributed by atoms with E-state index >= 15 is 0 Å². The minimum absolute atomic E-state index is 0.0880.